The molecule has 19 heteroatoms. The Kier molecular flexibility index (Phi) is 31.8. The van der Waals surface area contributed by atoms with Crippen LogP contribution in [0.5, 0.6) is 0 Å². The number of hydrogen-bond acceptors (Lipinski definition) is 9. The van der Waals surface area contributed by atoms with Crippen molar-refractivity contribution in [2.75, 3.05) is 0 Å². The number of aliphatic carboxylic acids is 4. The van der Waals surface area contributed by atoms with E-state index in [4.69, 9.17) is 50.1 Å². The maximum Gasteiger partial charge on any atom is 2.00 e. The van der Waals surface area contributed by atoms with Gasteiger partial charge in [0.15, 0.2) is 0 Å². The Labute approximate surface area is 607 Å². The summed E-state index contributed by atoms with van der Waals surface area (Å²) in [6.45, 7) is 17.5. The number of aryl methyl sites for hydroxylation is 8. The van der Waals surface area contributed by atoms with Gasteiger partial charge >= 0.3 is 62.8 Å². The molecule has 0 radical (unpaired) electrons. The Morgan fingerprint density at radius 3 is 0.808 bits per heavy atom. The van der Waals surface area contributed by atoms with Crippen LogP contribution < -0.4 is 19.9 Å². The fourth-order valence-electron chi connectivity index (χ4n) is 12.4. The predicted molar refractivity (Wildman–Crippen MR) is 391 cm³/mol. The number of carbonyl (C=O) groups is 5. The van der Waals surface area contributed by atoms with E-state index in [1.165, 1.54) is 17.2 Å². The molecular weight excluding hydrogens is 1350 g/mol. The molecule has 0 saturated carbocycles. The van der Waals surface area contributed by atoms with E-state index in [1.807, 2.05) is 30.4 Å². The van der Waals surface area contributed by atoms with E-state index in [2.05, 4.69) is 110 Å². The van der Waals surface area contributed by atoms with Gasteiger partial charge in [0.25, 0.3) is 0 Å². The molecule has 16 bridgehead atoms. The van der Waals surface area contributed by atoms with Crippen LogP contribution in [0.3, 0.4) is 0 Å². The Balaban J connectivity index is 0.000000281. The SMILES string of the molecule is CCCCc1c2nc(c(CCCC)c3cc(C=C(C(=O)O)C(=O)O)c([n-]3)c(CCCC)c3nc(c(CCCC)c4ccc1[n-]4)C=C3)C=C2.CCCCc1c2nc(c(CCCC)c3cc(C=O)c([n-]3)c(CCCC)c3nc(c(CCCC)c4ccc1[n-]4)C=C3)C=C2.O=C(O)CC(=O)O.[Zn+2].[Zn+2]. The Hall–Kier alpha value is -8.26. The Morgan fingerprint density at radius 1 is 0.343 bits per heavy atom. The van der Waals surface area contributed by atoms with Crippen LogP contribution in [0.4, 0.5) is 0 Å². The maximum absolute atomic E-state index is 12.5. The van der Waals surface area contributed by atoms with Gasteiger partial charge in [0.2, 0.25) is 0 Å². The monoisotopic (exact) mass is 1440 g/mol. The van der Waals surface area contributed by atoms with Gasteiger partial charge in [0.05, 0.1) is 45.6 Å². The Bertz CT molecular complexity index is 4360. The van der Waals surface area contributed by atoms with Crippen LogP contribution in [0.1, 0.15) is 271 Å². The molecule has 10 heterocycles. The molecule has 17 nitrogen and oxygen atoms in total. The van der Waals surface area contributed by atoms with Gasteiger partial charge < -0.3 is 40.4 Å². The zero-order valence-corrected chi connectivity index (χ0v) is 65.2. The second kappa shape index (κ2) is 39.5. The number of carboxylic acids is 4. The summed E-state index contributed by atoms with van der Waals surface area (Å²) in [5.41, 5.74) is 22.9. The number of hydrogen-bond donors (Lipinski definition) is 4. The quantitative estimate of drug-likeness (QED) is 0.0107. The fourth-order valence-corrected chi connectivity index (χ4v) is 12.4. The van der Waals surface area contributed by atoms with Crippen molar-refractivity contribution in [3.8, 4) is 0 Å². The van der Waals surface area contributed by atoms with Crippen LogP contribution in [0, 0.1) is 0 Å². The molecule has 0 amide bonds. The molecule has 0 unspecified atom stereocenters. The van der Waals surface area contributed by atoms with Gasteiger partial charge in [-0.15, -0.1) is 44.1 Å². The number of carbonyl (C=O) groups excluding carboxylic acids is 1. The summed E-state index contributed by atoms with van der Waals surface area (Å²) < 4.78 is 0. The summed E-state index contributed by atoms with van der Waals surface area (Å²) in [6.07, 6.45) is 41.0. The van der Waals surface area contributed by atoms with Gasteiger partial charge in [0, 0.05) is 0 Å². The van der Waals surface area contributed by atoms with Crippen molar-refractivity contribution in [1.29, 1.82) is 0 Å². The second-order valence-corrected chi connectivity index (χ2v) is 25.1. The van der Waals surface area contributed by atoms with Crippen LogP contribution in [0.25, 0.3) is 98.8 Å². The third kappa shape index (κ3) is 20.5. The average Bonchev–Trinajstić information content (AvgIpc) is 1.64. The van der Waals surface area contributed by atoms with Crippen LogP contribution in [0.2, 0.25) is 0 Å². The van der Waals surface area contributed by atoms with Gasteiger partial charge in [0.1, 0.15) is 18.3 Å². The summed E-state index contributed by atoms with van der Waals surface area (Å²) in [4.78, 5) is 97.0. The van der Waals surface area contributed by atoms with Crippen LogP contribution in [-0.4, -0.2) is 70.5 Å². The molecule has 0 aliphatic carbocycles. The largest absolute Gasteiger partial charge is 2.00 e. The first-order valence-electron chi connectivity index (χ1n) is 35.2. The smallest absolute Gasteiger partial charge is 0.657 e. The number of aromatic nitrogens is 8. The van der Waals surface area contributed by atoms with Gasteiger partial charge in [-0.25, -0.2) is 29.5 Å². The van der Waals surface area contributed by atoms with E-state index < -0.39 is 35.9 Å². The number of nitrogens with zero attached hydrogens (tertiary/aromatic N) is 8. The van der Waals surface area contributed by atoms with Gasteiger partial charge in [-0.2, -0.15) is 0 Å². The molecule has 0 fully saturated rings. The molecule has 6 aromatic heterocycles. The molecule has 99 heavy (non-hydrogen) atoms. The van der Waals surface area contributed by atoms with E-state index in [-0.39, 0.29) is 39.0 Å². The number of carboxylic acid groups (broad SMARTS) is 4. The normalized spacial score (nSPS) is 11.7. The second-order valence-electron chi connectivity index (χ2n) is 25.1. The molecule has 0 aromatic carbocycles. The molecule has 4 aliphatic rings. The van der Waals surface area contributed by atoms with Crippen LogP contribution in [0.15, 0.2) is 42.0 Å². The van der Waals surface area contributed by atoms with Gasteiger partial charge in [-0.1, -0.05) is 143 Å². The number of aldehydes is 1. The van der Waals surface area contributed by atoms with Crippen LogP contribution in [-0.2, 0) is 110 Å². The molecule has 0 spiro atoms. The molecular formula is C80H94N8O9Zn2. The zero-order valence-electron chi connectivity index (χ0n) is 59.2. The van der Waals surface area contributed by atoms with Crippen molar-refractivity contribution in [1.82, 2.24) is 39.9 Å². The minimum Gasteiger partial charge on any atom is -0.657 e. The summed E-state index contributed by atoms with van der Waals surface area (Å²) >= 11 is 0. The van der Waals surface area contributed by atoms with Gasteiger partial charge in [-0.05, 0) is 213 Å². The van der Waals surface area contributed by atoms with Crippen molar-refractivity contribution in [2.24, 2.45) is 0 Å². The van der Waals surface area contributed by atoms with E-state index in [0.717, 1.165) is 266 Å². The molecule has 512 valence electrons. The third-order valence-electron chi connectivity index (χ3n) is 17.8. The number of unbranched alkanes of at least 4 members (excludes halogenated alkanes) is 8. The summed E-state index contributed by atoms with van der Waals surface area (Å²) in [6, 6.07) is 12.4. The molecule has 6 aromatic rings. The topological polar surface area (TPSA) is 274 Å². The van der Waals surface area contributed by atoms with Crippen molar-refractivity contribution in [2.45, 2.75) is 216 Å². The van der Waals surface area contributed by atoms with Crippen molar-refractivity contribution in [3.63, 3.8) is 0 Å². The average molecular weight is 1440 g/mol. The number of rotatable bonds is 30. The fraction of sp³-hybridized carbons (Fsp3) is 0.412. The molecule has 4 N–H and O–H groups in total. The van der Waals surface area contributed by atoms with Crippen LogP contribution >= 0.6 is 0 Å². The number of fused-ring (bicyclic) bond motifs is 16. The summed E-state index contributed by atoms with van der Waals surface area (Å²) in [5, 5.41) is 35.0. The standard InChI is InChI=1S/C40H48N4O4.C37H45N4O.C3H4O4.2Zn/c1-5-9-13-26-31-17-18-32(41-31)27(14-10-6-2)34-21-22-36(43-34)29(16-12-8-4)38-25(23-30(39(45)46)40(47)48)24-37(44-38)28(15-11-7-3)35-20-19-33(26)42-35;1-5-9-13-26-30-17-18-31(38-30)27(14-10-6-2)33-21-22-35(40-33)29(16-12-8-4)37-25(24-42)23-36(41-37)28(15-11-7-3)34-20-19-32(26)39-34;4-2(5)1-3(6)7;;/h17-24H,5-16H2,1-4H3,(H4,41,42,43,44,45,46,47,48);17-24H,5-16H2,1-4H3,(H-,38,39,40,41,42);1H2,(H,4,5)(H,6,7);;/q;-1;;2*+2/p-3. The van der Waals surface area contributed by atoms with Crippen molar-refractivity contribution < 1.29 is 83.4 Å². The zero-order chi connectivity index (χ0) is 69.5. The molecule has 0 saturated heterocycles. The Morgan fingerprint density at radius 2 is 0.576 bits per heavy atom. The van der Waals surface area contributed by atoms with E-state index in [0.29, 0.717) is 28.6 Å². The molecule has 0 atom stereocenters. The van der Waals surface area contributed by atoms with E-state index >= 15 is 0 Å². The summed E-state index contributed by atoms with van der Waals surface area (Å²) in [7, 11) is 0. The van der Waals surface area contributed by atoms with E-state index in [9.17, 15) is 34.2 Å². The maximum atomic E-state index is 12.5. The first-order valence-corrected chi connectivity index (χ1v) is 35.2. The van der Waals surface area contributed by atoms with Gasteiger partial charge in [-0.3, -0.25) is 14.4 Å². The molecule has 4 aliphatic heterocycles. The first kappa shape index (κ1) is 79.7. The first-order chi connectivity index (χ1) is 47.0. The summed E-state index contributed by atoms with van der Waals surface area (Å²) in [5.74, 6) is -5.62. The molecule has 10 rings (SSSR count). The minimum atomic E-state index is -1.50. The third-order valence-corrected chi connectivity index (χ3v) is 17.8. The minimum absolute atomic E-state index is 0. The van der Waals surface area contributed by atoms with Crippen molar-refractivity contribution in [3.05, 3.63) is 143 Å². The predicted octanol–water partition coefficient (Wildman–Crippen LogP) is 17.5. The van der Waals surface area contributed by atoms with E-state index in [1.54, 1.807) is 0 Å². The van der Waals surface area contributed by atoms with Crippen molar-refractivity contribution >= 4 is 129 Å².